The summed E-state index contributed by atoms with van der Waals surface area (Å²) in [7, 11) is 0. The van der Waals surface area contributed by atoms with E-state index in [-0.39, 0.29) is 11.6 Å². The Labute approximate surface area is 105 Å². The smallest absolute Gasteiger partial charge is 0.267 e. The Balaban J connectivity index is 2.51. The van der Waals surface area contributed by atoms with Gasteiger partial charge in [-0.1, -0.05) is 13.3 Å². The molecule has 1 amide bonds. The maximum Gasteiger partial charge on any atom is 0.271 e. The zero-order valence-electron chi connectivity index (χ0n) is 10.1. The molecule has 0 spiro atoms. The molecule has 0 heterocycles. The Morgan fingerprint density at radius 3 is 2.67 bits per heavy atom. The normalized spacial score (nSPS) is 10.5. The number of unbranched alkanes of at least 4 members (excludes halogenated alkanes) is 2. The summed E-state index contributed by atoms with van der Waals surface area (Å²) in [5, 5.41) is 14.2. The third-order valence-electron chi connectivity index (χ3n) is 2.28. The zero-order chi connectivity index (χ0) is 13.4. The molecule has 0 aromatic heterocycles. The van der Waals surface area contributed by atoms with Crippen molar-refractivity contribution >= 4 is 17.8 Å². The van der Waals surface area contributed by atoms with Gasteiger partial charge in [0.15, 0.2) is 0 Å². The van der Waals surface area contributed by atoms with Crippen LogP contribution in [0.25, 0.3) is 0 Å². The van der Waals surface area contributed by atoms with Crippen molar-refractivity contribution in [3.63, 3.8) is 0 Å². The van der Waals surface area contributed by atoms with Crippen LogP contribution in [0.4, 0.5) is 5.69 Å². The van der Waals surface area contributed by atoms with Gasteiger partial charge in [-0.3, -0.25) is 14.9 Å². The minimum atomic E-state index is -0.509. The van der Waals surface area contributed by atoms with E-state index in [2.05, 4.69) is 17.5 Å². The van der Waals surface area contributed by atoms with Crippen LogP contribution in [-0.4, -0.2) is 17.0 Å². The Hall–Kier alpha value is -2.24. The highest BCUT2D eigenvalue weighted by Gasteiger charge is 2.08. The molecule has 96 valence electrons. The van der Waals surface area contributed by atoms with E-state index in [1.807, 2.05) is 0 Å². The fraction of sp³-hybridized carbons (Fsp3) is 0.333. The van der Waals surface area contributed by atoms with Crippen molar-refractivity contribution in [3.05, 3.63) is 39.9 Å². The molecule has 0 aliphatic heterocycles. The molecular weight excluding hydrogens is 234 g/mol. The third kappa shape index (κ3) is 4.32. The zero-order valence-corrected chi connectivity index (χ0v) is 10.1. The molecule has 6 heteroatoms. The number of nitro benzene ring substituents is 1. The van der Waals surface area contributed by atoms with Crippen LogP contribution in [0.2, 0.25) is 0 Å². The summed E-state index contributed by atoms with van der Waals surface area (Å²) in [5.41, 5.74) is 2.66. The summed E-state index contributed by atoms with van der Waals surface area (Å²) in [6.07, 6.45) is 4.56. The second-order valence-electron chi connectivity index (χ2n) is 3.70. The fourth-order valence-corrected chi connectivity index (χ4v) is 1.26. The number of hydrogen-bond acceptors (Lipinski definition) is 4. The largest absolute Gasteiger partial charge is 0.271 e. The standard InChI is InChI=1S/C12H15N3O3/c1-2-3-4-9-13-14-12(16)10-5-7-11(8-6-10)15(17)18/h5-9H,2-4H2,1H3,(H,14,16)/b13-9+. The third-order valence-corrected chi connectivity index (χ3v) is 2.28. The molecule has 1 aromatic rings. The number of hydrogen-bond donors (Lipinski definition) is 1. The van der Waals surface area contributed by atoms with E-state index >= 15 is 0 Å². The Morgan fingerprint density at radius 2 is 2.11 bits per heavy atom. The van der Waals surface area contributed by atoms with Gasteiger partial charge in [0.25, 0.3) is 11.6 Å². The molecule has 1 rings (SSSR count). The molecule has 0 saturated carbocycles. The van der Waals surface area contributed by atoms with Crippen LogP contribution in [0, 0.1) is 10.1 Å². The quantitative estimate of drug-likeness (QED) is 0.364. The van der Waals surface area contributed by atoms with Gasteiger partial charge in [0.1, 0.15) is 0 Å². The van der Waals surface area contributed by atoms with Crippen LogP contribution in [0.1, 0.15) is 36.5 Å². The number of rotatable bonds is 6. The number of amides is 1. The molecular formula is C12H15N3O3. The average Bonchev–Trinajstić information content (AvgIpc) is 2.38. The first-order valence-corrected chi connectivity index (χ1v) is 5.71. The topological polar surface area (TPSA) is 84.6 Å². The number of nitrogens with zero attached hydrogens (tertiary/aromatic N) is 2. The first-order chi connectivity index (χ1) is 8.65. The molecule has 0 fully saturated rings. The predicted molar refractivity (Wildman–Crippen MR) is 68.6 cm³/mol. The van der Waals surface area contributed by atoms with Gasteiger partial charge in [-0.05, 0) is 25.0 Å². The van der Waals surface area contributed by atoms with Gasteiger partial charge >= 0.3 is 0 Å². The highest BCUT2D eigenvalue weighted by atomic mass is 16.6. The van der Waals surface area contributed by atoms with Gasteiger partial charge in [-0.25, -0.2) is 5.43 Å². The molecule has 0 aliphatic rings. The van der Waals surface area contributed by atoms with Gasteiger partial charge in [-0.15, -0.1) is 0 Å². The minimum absolute atomic E-state index is 0.0435. The molecule has 1 N–H and O–H groups in total. The number of carbonyl (C=O) groups is 1. The van der Waals surface area contributed by atoms with Crippen molar-refractivity contribution in [1.29, 1.82) is 0 Å². The first kappa shape index (κ1) is 13.8. The number of non-ortho nitro benzene ring substituents is 1. The summed E-state index contributed by atoms with van der Waals surface area (Å²) in [6, 6.07) is 5.37. The monoisotopic (exact) mass is 249 g/mol. The van der Waals surface area contributed by atoms with Crippen molar-refractivity contribution in [2.24, 2.45) is 5.10 Å². The number of nitro groups is 1. The predicted octanol–water partition coefficient (Wildman–Crippen LogP) is 2.50. The molecule has 0 bridgehead atoms. The van der Waals surface area contributed by atoms with Crippen LogP contribution in [0.3, 0.4) is 0 Å². The lowest BCUT2D eigenvalue weighted by molar-refractivity contribution is -0.384. The molecule has 0 atom stereocenters. The van der Waals surface area contributed by atoms with Crippen LogP contribution in [0.5, 0.6) is 0 Å². The summed E-state index contributed by atoms with van der Waals surface area (Å²) in [6.45, 7) is 2.07. The molecule has 1 aromatic carbocycles. The lowest BCUT2D eigenvalue weighted by atomic mass is 10.2. The van der Waals surface area contributed by atoms with Crippen molar-refractivity contribution in [2.45, 2.75) is 26.2 Å². The van der Waals surface area contributed by atoms with Gasteiger partial charge in [0, 0.05) is 23.9 Å². The van der Waals surface area contributed by atoms with Crippen LogP contribution in [-0.2, 0) is 0 Å². The Morgan fingerprint density at radius 1 is 1.44 bits per heavy atom. The lowest BCUT2D eigenvalue weighted by Gasteiger charge is -1.99. The molecule has 0 saturated heterocycles. The van der Waals surface area contributed by atoms with Crippen LogP contribution in [0.15, 0.2) is 29.4 Å². The summed E-state index contributed by atoms with van der Waals surface area (Å²) < 4.78 is 0. The maximum absolute atomic E-state index is 11.6. The fourth-order valence-electron chi connectivity index (χ4n) is 1.26. The summed E-state index contributed by atoms with van der Waals surface area (Å²) >= 11 is 0. The van der Waals surface area contributed by atoms with Gasteiger partial charge in [0.2, 0.25) is 0 Å². The Kier molecular flexibility index (Phi) is 5.50. The van der Waals surface area contributed by atoms with E-state index in [1.165, 1.54) is 24.3 Å². The second-order valence-corrected chi connectivity index (χ2v) is 3.70. The van der Waals surface area contributed by atoms with Crippen molar-refractivity contribution in [1.82, 2.24) is 5.43 Å². The molecule has 0 aliphatic carbocycles. The highest BCUT2D eigenvalue weighted by molar-refractivity contribution is 5.94. The minimum Gasteiger partial charge on any atom is -0.267 e. The summed E-state index contributed by atoms with van der Waals surface area (Å²) in [4.78, 5) is 21.5. The van der Waals surface area contributed by atoms with E-state index in [0.717, 1.165) is 19.3 Å². The van der Waals surface area contributed by atoms with Crippen molar-refractivity contribution in [3.8, 4) is 0 Å². The highest BCUT2D eigenvalue weighted by Crippen LogP contribution is 2.11. The molecule has 0 radical (unpaired) electrons. The van der Waals surface area contributed by atoms with E-state index in [1.54, 1.807) is 6.21 Å². The van der Waals surface area contributed by atoms with Gasteiger partial charge in [0.05, 0.1) is 4.92 Å². The SMILES string of the molecule is CCCC/C=N/NC(=O)c1ccc([N+](=O)[O-])cc1. The Bertz CT molecular complexity index is 440. The molecule has 6 nitrogen and oxygen atoms in total. The molecule has 18 heavy (non-hydrogen) atoms. The summed E-state index contributed by atoms with van der Waals surface area (Å²) in [5.74, 6) is -0.377. The maximum atomic E-state index is 11.6. The lowest BCUT2D eigenvalue weighted by Crippen LogP contribution is -2.17. The average molecular weight is 249 g/mol. The van der Waals surface area contributed by atoms with E-state index < -0.39 is 4.92 Å². The number of carbonyl (C=O) groups excluding carboxylic acids is 1. The number of benzene rings is 1. The van der Waals surface area contributed by atoms with Crippen molar-refractivity contribution in [2.75, 3.05) is 0 Å². The van der Waals surface area contributed by atoms with Crippen LogP contribution >= 0.6 is 0 Å². The number of hydrazone groups is 1. The van der Waals surface area contributed by atoms with Gasteiger partial charge < -0.3 is 0 Å². The second kappa shape index (κ2) is 7.16. The number of nitrogens with one attached hydrogen (secondary N) is 1. The first-order valence-electron chi connectivity index (χ1n) is 5.71. The van der Waals surface area contributed by atoms with E-state index in [4.69, 9.17) is 0 Å². The van der Waals surface area contributed by atoms with E-state index in [0.29, 0.717) is 5.56 Å². The van der Waals surface area contributed by atoms with Gasteiger partial charge in [-0.2, -0.15) is 5.10 Å². The van der Waals surface area contributed by atoms with E-state index in [9.17, 15) is 14.9 Å². The molecule has 0 unspecified atom stereocenters. The van der Waals surface area contributed by atoms with Crippen molar-refractivity contribution < 1.29 is 9.72 Å². The van der Waals surface area contributed by atoms with Crippen LogP contribution < -0.4 is 5.43 Å².